The highest BCUT2D eigenvalue weighted by atomic mass is 16.5. The second-order valence-electron chi connectivity index (χ2n) is 7.17. The van der Waals surface area contributed by atoms with E-state index in [4.69, 9.17) is 4.74 Å². The van der Waals surface area contributed by atoms with E-state index < -0.39 is 0 Å². The maximum atomic E-state index is 11.9. The average molecular weight is 338 g/mol. The monoisotopic (exact) mass is 338 g/mol. The quantitative estimate of drug-likeness (QED) is 0.658. The fourth-order valence-electron chi connectivity index (χ4n) is 2.44. The van der Waals surface area contributed by atoms with Crippen LogP contribution in [0.1, 0.15) is 43.0 Å². The molecule has 2 aromatic carbocycles. The molecule has 0 unspecified atom stereocenters. The first-order chi connectivity index (χ1) is 11.8. The van der Waals surface area contributed by atoms with E-state index in [1.807, 2.05) is 44.2 Å². The molecule has 0 spiro atoms. The predicted octanol–water partition coefficient (Wildman–Crippen LogP) is 4.13. The molecule has 4 nitrogen and oxygen atoms in total. The average Bonchev–Trinajstić information content (AvgIpc) is 2.54. The SMILES string of the molecule is Cc1cccc(C)c1OCC(=O)N/N=C/c1ccc(C(C)(C)C)cc1. The van der Waals surface area contributed by atoms with Crippen LogP contribution in [-0.2, 0) is 10.2 Å². The third-order valence-corrected chi connectivity index (χ3v) is 3.94. The molecule has 0 atom stereocenters. The molecule has 132 valence electrons. The predicted molar refractivity (Wildman–Crippen MR) is 102 cm³/mol. The number of carbonyl (C=O) groups is 1. The Morgan fingerprint density at radius 2 is 1.68 bits per heavy atom. The van der Waals surface area contributed by atoms with E-state index in [9.17, 15) is 4.79 Å². The van der Waals surface area contributed by atoms with Crippen molar-refractivity contribution in [3.8, 4) is 5.75 Å². The number of amides is 1. The van der Waals surface area contributed by atoms with Crippen molar-refractivity contribution >= 4 is 12.1 Å². The molecule has 2 aromatic rings. The van der Waals surface area contributed by atoms with Crippen molar-refractivity contribution in [1.29, 1.82) is 0 Å². The smallest absolute Gasteiger partial charge is 0.277 e. The van der Waals surface area contributed by atoms with E-state index >= 15 is 0 Å². The molecule has 1 N–H and O–H groups in total. The van der Waals surface area contributed by atoms with Crippen LogP contribution in [0.3, 0.4) is 0 Å². The maximum Gasteiger partial charge on any atom is 0.277 e. The molecule has 0 saturated heterocycles. The van der Waals surface area contributed by atoms with Crippen LogP contribution in [-0.4, -0.2) is 18.7 Å². The van der Waals surface area contributed by atoms with Crippen molar-refractivity contribution in [3.05, 3.63) is 64.7 Å². The zero-order valence-corrected chi connectivity index (χ0v) is 15.6. The van der Waals surface area contributed by atoms with Crippen molar-refractivity contribution in [2.24, 2.45) is 5.10 Å². The van der Waals surface area contributed by atoms with E-state index in [0.29, 0.717) is 0 Å². The molecule has 0 bridgehead atoms. The molecule has 0 heterocycles. The normalized spacial score (nSPS) is 11.6. The first kappa shape index (κ1) is 18.7. The Bertz CT molecular complexity index is 736. The van der Waals surface area contributed by atoms with Gasteiger partial charge >= 0.3 is 0 Å². The van der Waals surface area contributed by atoms with Crippen molar-refractivity contribution in [3.63, 3.8) is 0 Å². The van der Waals surface area contributed by atoms with Crippen LogP contribution in [0.25, 0.3) is 0 Å². The summed E-state index contributed by atoms with van der Waals surface area (Å²) in [6, 6.07) is 14.0. The number of hydrazone groups is 1. The lowest BCUT2D eigenvalue weighted by Crippen LogP contribution is -2.25. The van der Waals surface area contributed by atoms with Crippen LogP contribution in [0.5, 0.6) is 5.75 Å². The summed E-state index contributed by atoms with van der Waals surface area (Å²) in [5, 5.41) is 3.99. The Morgan fingerprint density at radius 3 is 2.24 bits per heavy atom. The Labute approximate surface area is 149 Å². The van der Waals surface area contributed by atoms with E-state index in [0.717, 1.165) is 22.4 Å². The van der Waals surface area contributed by atoms with Crippen LogP contribution < -0.4 is 10.2 Å². The van der Waals surface area contributed by atoms with Gasteiger partial charge in [0.2, 0.25) is 0 Å². The molecule has 0 aliphatic carbocycles. The van der Waals surface area contributed by atoms with Crippen molar-refractivity contribution in [2.45, 2.75) is 40.0 Å². The van der Waals surface area contributed by atoms with Gasteiger partial charge in [0.25, 0.3) is 5.91 Å². The molecule has 4 heteroatoms. The number of carbonyl (C=O) groups excluding carboxylic acids is 1. The molecule has 0 aromatic heterocycles. The lowest BCUT2D eigenvalue weighted by Gasteiger charge is -2.18. The molecule has 0 aliphatic heterocycles. The molecule has 1 amide bonds. The highest BCUT2D eigenvalue weighted by Gasteiger charge is 2.12. The minimum absolute atomic E-state index is 0.0635. The highest BCUT2D eigenvalue weighted by molar-refractivity contribution is 5.83. The fraction of sp³-hybridized carbons (Fsp3) is 0.333. The second kappa shape index (κ2) is 7.97. The second-order valence-corrected chi connectivity index (χ2v) is 7.17. The van der Waals surface area contributed by atoms with Gasteiger partial charge < -0.3 is 4.74 Å². The Morgan fingerprint density at radius 1 is 1.08 bits per heavy atom. The van der Waals surface area contributed by atoms with E-state index in [2.05, 4.69) is 43.4 Å². The van der Waals surface area contributed by atoms with Crippen LogP contribution in [0.2, 0.25) is 0 Å². The minimum Gasteiger partial charge on any atom is -0.483 e. The summed E-state index contributed by atoms with van der Waals surface area (Å²) in [7, 11) is 0. The lowest BCUT2D eigenvalue weighted by molar-refractivity contribution is -0.123. The largest absolute Gasteiger partial charge is 0.483 e. The minimum atomic E-state index is -0.287. The van der Waals surface area contributed by atoms with Gasteiger partial charge in [-0.1, -0.05) is 63.2 Å². The van der Waals surface area contributed by atoms with Gasteiger partial charge in [-0.2, -0.15) is 5.10 Å². The number of nitrogens with zero attached hydrogens (tertiary/aromatic N) is 1. The van der Waals surface area contributed by atoms with Gasteiger partial charge in [-0.3, -0.25) is 4.79 Å². The van der Waals surface area contributed by atoms with Crippen molar-refractivity contribution in [2.75, 3.05) is 6.61 Å². The summed E-state index contributed by atoms with van der Waals surface area (Å²) < 4.78 is 5.60. The number of ether oxygens (including phenoxy) is 1. The van der Waals surface area contributed by atoms with Gasteiger partial charge in [0.1, 0.15) is 5.75 Å². The molecule has 25 heavy (non-hydrogen) atoms. The van der Waals surface area contributed by atoms with E-state index in [-0.39, 0.29) is 17.9 Å². The first-order valence-electron chi connectivity index (χ1n) is 8.39. The fourth-order valence-corrected chi connectivity index (χ4v) is 2.44. The van der Waals surface area contributed by atoms with E-state index in [1.54, 1.807) is 6.21 Å². The van der Waals surface area contributed by atoms with Gasteiger partial charge in [-0.25, -0.2) is 5.43 Å². The van der Waals surface area contributed by atoms with Gasteiger partial charge in [0, 0.05) is 0 Å². The summed E-state index contributed by atoms with van der Waals surface area (Å²) in [5.74, 6) is 0.463. The van der Waals surface area contributed by atoms with Crippen molar-refractivity contribution < 1.29 is 9.53 Å². The zero-order valence-electron chi connectivity index (χ0n) is 15.6. The summed E-state index contributed by atoms with van der Waals surface area (Å²) in [5.41, 5.74) is 6.82. The van der Waals surface area contributed by atoms with Crippen LogP contribution in [0.15, 0.2) is 47.6 Å². The topological polar surface area (TPSA) is 50.7 Å². The molecule has 0 fully saturated rings. The summed E-state index contributed by atoms with van der Waals surface area (Å²) in [6.45, 7) is 10.4. The molecule has 0 saturated carbocycles. The number of rotatable bonds is 5. The molecular weight excluding hydrogens is 312 g/mol. The van der Waals surface area contributed by atoms with Crippen LogP contribution >= 0.6 is 0 Å². The molecule has 2 rings (SSSR count). The number of hydrogen-bond acceptors (Lipinski definition) is 3. The maximum absolute atomic E-state index is 11.9. The standard InChI is InChI=1S/C21H26N2O2/c1-15-7-6-8-16(2)20(15)25-14-19(24)23-22-13-17-9-11-18(12-10-17)21(3,4)5/h6-13H,14H2,1-5H3,(H,23,24)/b22-13+. The Hall–Kier alpha value is -2.62. The van der Waals surface area contributed by atoms with Crippen LogP contribution in [0.4, 0.5) is 0 Å². The van der Waals surface area contributed by atoms with Crippen molar-refractivity contribution in [1.82, 2.24) is 5.43 Å². The molecular formula is C21H26N2O2. The highest BCUT2D eigenvalue weighted by Crippen LogP contribution is 2.22. The third-order valence-electron chi connectivity index (χ3n) is 3.94. The van der Waals surface area contributed by atoms with Gasteiger partial charge in [-0.15, -0.1) is 0 Å². The number of para-hydroxylation sites is 1. The van der Waals surface area contributed by atoms with Gasteiger partial charge in [0.15, 0.2) is 6.61 Å². The summed E-state index contributed by atoms with van der Waals surface area (Å²) >= 11 is 0. The number of benzene rings is 2. The number of aryl methyl sites for hydroxylation is 2. The summed E-state index contributed by atoms with van der Waals surface area (Å²) in [6.07, 6.45) is 1.63. The Kier molecular flexibility index (Phi) is 5.97. The zero-order chi connectivity index (χ0) is 18.4. The number of hydrogen-bond donors (Lipinski definition) is 1. The number of nitrogens with one attached hydrogen (secondary N) is 1. The summed E-state index contributed by atoms with van der Waals surface area (Å²) in [4.78, 5) is 11.9. The van der Waals surface area contributed by atoms with Crippen LogP contribution in [0, 0.1) is 13.8 Å². The molecule has 0 radical (unpaired) electrons. The lowest BCUT2D eigenvalue weighted by atomic mass is 9.87. The Balaban J connectivity index is 1.86. The third kappa shape index (κ3) is 5.45. The molecule has 0 aliphatic rings. The van der Waals surface area contributed by atoms with Gasteiger partial charge in [0.05, 0.1) is 6.21 Å². The van der Waals surface area contributed by atoms with Gasteiger partial charge in [-0.05, 0) is 41.5 Å². The first-order valence-corrected chi connectivity index (χ1v) is 8.39. The van der Waals surface area contributed by atoms with E-state index in [1.165, 1.54) is 5.56 Å².